The number of hydrogen-bond acceptors (Lipinski definition) is 3. The zero-order chi connectivity index (χ0) is 17.7. The molecular formula is C17H11Cl3N4O. The van der Waals surface area contributed by atoms with Gasteiger partial charge in [-0.15, -0.1) is 10.2 Å². The van der Waals surface area contributed by atoms with E-state index in [0.717, 1.165) is 5.69 Å². The smallest absolute Gasteiger partial charge is 0.239 e. The van der Waals surface area contributed by atoms with Crippen LogP contribution in [0.15, 0.2) is 36.4 Å². The maximum absolute atomic E-state index is 13.0. The largest absolute Gasteiger partial charge is 0.281 e. The second-order valence-corrected chi connectivity index (χ2v) is 6.91. The lowest BCUT2D eigenvalue weighted by atomic mass is 10.2. The molecule has 4 rings (SSSR count). The Bertz CT molecular complexity index is 1020. The van der Waals surface area contributed by atoms with Crippen molar-refractivity contribution in [3.05, 3.63) is 63.1 Å². The number of hydrogen-bond donors (Lipinski definition) is 0. The standard InChI is InChI=1S/C17H11Cl3N4O/c1-9-21-22-16-8-17(25)24(13-4-2-10(18)6-12(13)20)15-7-11(19)3-5-14(15)23(9)16/h2-7H,8H2,1H3. The van der Waals surface area contributed by atoms with Crippen molar-refractivity contribution in [3.8, 4) is 5.69 Å². The molecule has 0 saturated heterocycles. The fourth-order valence-corrected chi connectivity index (χ4v) is 3.63. The quantitative estimate of drug-likeness (QED) is 0.599. The second kappa shape index (κ2) is 6.02. The first-order valence-corrected chi connectivity index (χ1v) is 8.58. The number of carbonyl (C=O) groups is 1. The maximum Gasteiger partial charge on any atom is 0.239 e. The van der Waals surface area contributed by atoms with Gasteiger partial charge in [-0.1, -0.05) is 34.8 Å². The number of rotatable bonds is 1. The summed E-state index contributed by atoms with van der Waals surface area (Å²) < 4.78 is 1.85. The highest BCUT2D eigenvalue weighted by atomic mass is 35.5. The van der Waals surface area contributed by atoms with Gasteiger partial charge in [0.15, 0.2) is 0 Å². The first-order valence-electron chi connectivity index (χ1n) is 7.44. The van der Waals surface area contributed by atoms with Gasteiger partial charge in [-0.3, -0.25) is 14.3 Å². The summed E-state index contributed by atoms with van der Waals surface area (Å²) in [5.41, 5.74) is 1.91. The summed E-state index contributed by atoms with van der Waals surface area (Å²) >= 11 is 18.6. The third kappa shape index (κ3) is 2.68. The SMILES string of the molecule is Cc1nnc2n1-c1ccc(Cl)cc1N(c1ccc(Cl)cc1Cl)C(=O)C2. The zero-order valence-corrected chi connectivity index (χ0v) is 15.3. The lowest BCUT2D eigenvalue weighted by Crippen LogP contribution is -2.27. The molecule has 1 aromatic heterocycles. The number of carbonyl (C=O) groups excluding carboxylic acids is 1. The lowest BCUT2D eigenvalue weighted by Gasteiger charge is -2.24. The molecule has 0 unspecified atom stereocenters. The first-order chi connectivity index (χ1) is 12.0. The topological polar surface area (TPSA) is 51.0 Å². The van der Waals surface area contributed by atoms with Gasteiger partial charge in [-0.2, -0.15) is 0 Å². The van der Waals surface area contributed by atoms with Gasteiger partial charge >= 0.3 is 0 Å². The van der Waals surface area contributed by atoms with Gasteiger partial charge in [0.05, 0.1) is 28.5 Å². The van der Waals surface area contributed by atoms with Crippen molar-refractivity contribution in [2.24, 2.45) is 0 Å². The molecule has 0 bridgehead atoms. The fraction of sp³-hybridized carbons (Fsp3) is 0.118. The molecule has 0 saturated carbocycles. The predicted molar refractivity (Wildman–Crippen MR) is 98.4 cm³/mol. The minimum absolute atomic E-state index is 0.0894. The summed E-state index contributed by atoms with van der Waals surface area (Å²) in [4.78, 5) is 14.6. The molecule has 2 aromatic carbocycles. The molecule has 0 aliphatic carbocycles. The molecule has 1 aliphatic rings. The number of aryl methyl sites for hydroxylation is 1. The van der Waals surface area contributed by atoms with Crippen LogP contribution in [0, 0.1) is 6.92 Å². The van der Waals surface area contributed by atoms with Crippen LogP contribution in [0.2, 0.25) is 15.1 Å². The fourth-order valence-electron chi connectivity index (χ4n) is 2.97. The average molecular weight is 394 g/mol. The summed E-state index contributed by atoms with van der Waals surface area (Å²) in [7, 11) is 0. The molecule has 126 valence electrons. The Labute approximate surface area is 158 Å². The van der Waals surface area contributed by atoms with E-state index in [0.29, 0.717) is 38.1 Å². The van der Waals surface area contributed by atoms with Crippen molar-refractivity contribution in [3.63, 3.8) is 0 Å². The van der Waals surface area contributed by atoms with Crippen LogP contribution in [0.3, 0.4) is 0 Å². The molecule has 0 spiro atoms. The highest BCUT2D eigenvalue weighted by Gasteiger charge is 2.30. The predicted octanol–water partition coefficient (Wildman–Crippen LogP) is 4.76. The number of nitrogens with zero attached hydrogens (tertiary/aromatic N) is 4. The Morgan fingerprint density at radius 1 is 0.920 bits per heavy atom. The van der Waals surface area contributed by atoms with E-state index >= 15 is 0 Å². The Morgan fingerprint density at radius 3 is 2.32 bits per heavy atom. The average Bonchev–Trinajstić information content (AvgIpc) is 2.85. The molecular weight excluding hydrogens is 383 g/mol. The third-order valence-corrected chi connectivity index (χ3v) is 4.79. The summed E-state index contributed by atoms with van der Waals surface area (Å²) in [6.45, 7) is 1.84. The Morgan fingerprint density at radius 2 is 1.60 bits per heavy atom. The van der Waals surface area contributed by atoms with Gasteiger partial charge in [-0.05, 0) is 43.3 Å². The molecule has 25 heavy (non-hydrogen) atoms. The lowest BCUT2D eigenvalue weighted by molar-refractivity contribution is -0.117. The Kier molecular flexibility index (Phi) is 3.95. The van der Waals surface area contributed by atoms with Crippen LogP contribution in [-0.2, 0) is 11.2 Å². The van der Waals surface area contributed by atoms with E-state index in [-0.39, 0.29) is 12.3 Å². The molecule has 0 atom stereocenters. The third-order valence-electron chi connectivity index (χ3n) is 4.02. The second-order valence-electron chi connectivity index (χ2n) is 5.63. The zero-order valence-electron chi connectivity index (χ0n) is 13.0. The summed E-state index contributed by atoms with van der Waals surface area (Å²) in [5.74, 6) is 1.08. The van der Waals surface area contributed by atoms with Gasteiger partial charge in [-0.25, -0.2) is 0 Å². The van der Waals surface area contributed by atoms with Gasteiger partial charge < -0.3 is 0 Å². The van der Waals surface area contributed by atoms with Crippen LogP contribution in [0.1, 0.15) is 11.6 Å². The summed E-state index contributed by atoms with van der Waals surface area (Å²) in [6.07, 6.45) is 0.0894. The van der Waals surface area contributed by atoms with Crippen LogP contribution in [0.25, 0.3) is 5.69 Å². The Balaban J connectivity index is 2.02. The van der Waals surface area contributed by atoms with E-state index < -0.39 is 0 Å². The summed E-state index contributed by atoms with van der Waals surface area (Å²) in [5, 5.41) is 9.60. The van der Waals surface area contributed by atoms with Crippen molar-refractivity contribution in [1.29, 1.82) is 0 Å². The minimum Gasteiger partial charge on any atom is -0.281 e. The van der Waals surface area contributed by atoms with E-state index in [4.69, 9.17) is 34.8 Å². The molecule has 1 aliphatic heterocycles. The van der Waals surface area contributed by atoms with Gasteiger partial charge in [0.1, 0.15) is 11.6 Å². The molecule has 1 amide bonds. The monoisotopic (exact) mass is 392 g/mol. The van der Waals surface area contributed by atoms with Crippen LogP contribution in [0.5, 0.6) is 0 Å². The van der Waals surface area contributed by atoms with Crippen LogP contribution < -0.4 is 4.90 Å². The highest BCUT2D eigenvalue weighted by Crippen LogP contribution is 2.40. The van der Waals surface area contributed by atoms with Crippen LogP contribution >= 0.6 is 34.8 Å². The summed E-state index contributed by atoms with van der Waals surface area (Å²) in [6, 6.07) is 10.3. The number of benzene rings is 2. The van der Waals surface area contributed by atoms with Crippen molar-refractivity contribution in [2.75, 3.05) is 4.90 Å². The van der Waals surface area contributed by atoms with E-state index in [9.17, 15) is 4.79 Å². The molecule has 0 fully saturated rings. The van der Waals surface area contributed by atoms with E-state index in [1.54, 1.807) is 35.2 Å². The number of fused-ring (bicyclic) bond motifs is 3. The molecule has 5 nitrogen and oxygen atoms in total. The molecule has 3 aromatic rings. The van der Waals surface area contributed by atoms with Gasteiger partial charge in [0, 0.05) is 10.0 Å². The van der Waals surface area contributed by atoms with Crippen molar-refractivity contribution < 1.29 is 4.79 Å². The molecule has 0 N–H and O–H groups in total. The number of anilines is 2. The minimum atomic E-state index is -0.182. The van der Waals surface area contributed by atoms with Gasteiger partial charge in [0.25, 0.3) is 0 Å². The van der Waals surface area contributed by atoms with Crippen molar-refractivity contribution in [2.45, 2.75) is 13.3 Å². The van der Waals surface area contributed by atoms with Crippen molar-refractivity contribution in [1.82, 2.24) is 14.8 Å². The maximum atomic E-state index is 13.0. The number of amides is 1. The van der Waals surface area contributed by atoms with E-state index in [1.165, 1.54) is 0 Å². The Hall–Kier alpha value is -2.08. The van der Waals surface area contributed by atoms with E-state index in [1.807, 2.05) is 17.6 Å². The molecule has 2 heterocycles. The molecule has 0 radical (unpaired) electrons. The first kappa shape index (κ1) is 16.4. The van der Waals surface area contributed by atoms with Gasteiger partial charge in [0.2, 0.25) is 5.91 Å². The van der Waals surface area contributed by atoms with Crippen molar-refractivity contribution >= 4 is 52.1 Å². The molecule has 8 heteroatoms. The number of halogens is 3. The van der Waals surface area contributed by atoms with Crippen LogP contribution in [0.4, 0.5) is 11.4 Å². The van der Waals surface area contributed by atoms with E-state index in [2.05, 4.69) is 10.2 Å². The number of aromatic nitrogens is 3. The van der Waals surface area contributed by atoms with Crippen LogP contribution in [-0.4, -0.2) is 20.7 Å². The highest BCUT2D eigenvalue weighted by molar-refractivity contribution is 6.37. The normalized spacial score (nSPS) is 13.4.